The molecule has 0 aromatic heterocycles. The molecule has 0 saturated heterocycles. The zero-order chi connectivity index (χ0) is 18.2. The fraction of sp³-hybridized carbons (Fsp3) is 0.200. The Morgan fingerprint density at radius 2 is 1.08 bits per heavy atom. The third-order valence-electron chi connectivity index (χ3n) is 4.86. The average molecular weight is 359 g/mol. The van der Waals surface area contributed by atoms with E-state index in [2.05, 4.69) is 111 Å². The molecule has 0 heterocycles. The molecule has 0 aliphatic heterocycles. The van der Waals surface area contributed by atoms with Crippen molar-refractivity contribution >= 4 is 23.2 Å². The first-order chi connectivity index (χ1) is 12.8. The lowest BCUT2D eigenvalue weighted by molar-refractivity contribution is 0.948. The van der Waals surface area contributed by atoms with Crippen molar-refractivity contribution in [3.05, 3.63) is 103 Å². The molecule has 3 aromatic rings. The molecule has 0 aliphatic rings. The maximum Gasteiger partial charge on any atom is 0.116 e. The Morgan fingerprint density at radius 3 is 1.42 bits per heavy atom. The molecule has 0 radical (unpaired) electrons. The number of benzene rings is 3. The van der Waals surface area contributed by atoms with E-state index in [9.17, 15) is 0 Å². The van der Waals surface area contributed by atoms with Crippen molar-refractivity contribution in [2.75, 3.05) is 6.16 Å². The third kappa shape index (κ3) is 3.97. The predicted octanol–water partition coefficient (Wildman–Crippen LogP) is 5.73. The fourth-order valence-corrected chi connectivity index (χ4v) is 7.96. The number of hydrogen-bond donors (Lipinski definition) is 0. The summed E-state index contributed by atoms with van der Waals surface area (Å²) in [5, 5.41) is 4.38. The van der Waals surface area contributed by atoms with E-state index in [0.29, 0.717) is 0 Å². The van der Waals surface area contributed by atoms with Gasteiger partial charge >= 0.3 is 0 Å². The van der Waals surface area contributed by atoms with Crippen molar-refractivity contribution in [3.8, 4) is 0 Å². The van der Waals surface area contributed by atoms with Gasteiger partial charge in [0.2, 0.25) is 0 Å². The highest BCUT2D eigenvalue weighted by Crippen LogP contribution is 2.56. The normalized spacial score (nSPS) is 12.2. The van der Waals surface area contributed by atoms with Crippen molar-refractivity contribution in [1.82, 2.24) is 0 Å². The van der Waals surface area contributed by atoms with Crippen LogP contribution in [0, 0.1) is 0 Å². The second-order valence-corrected chi connectivity index (χ2v) is 10.3. The van der Waals surface area contributed by atoms with Gasteiger partial charge in [0, 0.05) is 0 Å². The van der Waals surface area contributed by atoms with Gasteiger partial charge < -0.3 is 0 Å². The summed E-state index contributed by atoms with van der Waals surface area (Å²) >= 11 is 0. The van der Waals surface area contributed by atoms with Gasteiger partial charge in [-0.05, 0) is 55.3 Å². The van der Waals surface area contributed by atoms with E-state index >= 15 is 0 Å². The summed E-state index contributed by atoms with van der Waals surface area (Å²) in [6, 6.07) is 33.4. The second kappa shape index (κ2) is 8.97. The van der Waals surface area contributed by atoms with Crippen LogP contribution in [0.4, 0.5) is 0 Å². The van der Waals surface area contributed by atoms with Gasteiger partial charge in [0.25, 0.3) is 0 Å². The first-order valence-corrected chi connectivity index (χ1v) is 11.5. The van der Waals surface area contributed by atoms with Gasteiger partial charge in [0.1, 0.15) is 23.2 Å². The third-order valence-corrected chi connectivity index (χ3v) is 9.37. The molecule has 1 heteroatoms. The Bertz CT molecular complexity index is 723. The van der Waals surface area contributed by atoms with Crippen LogP contribution < -0.4 is 15.9 Å². The highest BCUT2D eigenvalue weighted by molar-refractivity contribution is 7.95. The van der Waals surface area contributed by atoms with Gasteiger partial charge in [-0.25, -0.2) is 0 Å². The minimum atomic E-state index is -1.72. The molecule has 26 heavy (non-hydrogen) atoms. The van der Waals surface area contributed by atoms with Crippen molar-refractivity contribution in [2.45, 2.75) is 26.7 Å². The first-order valence-electron chi connectivity index (χ1n) is 9.48. The zero-order valence-corrected chi connectivity index (χ0v) is 16.7. The van der Waals surface area contributed by atoms with Crippen molar-refractivity contribution in [1.29, 1.82) is 0 Å². The SMILES string of the molecule is CCC/C=C(\C)C[P+](c1ccccc1)(c1ccccc1)c1ccccc1. The quantitative estimate of drug-likeness (QED) is 0.373. The molecule has 0 saturated carbocycles. The van der Waals surface area contributed by atoms with E-state index in [1.807, 2.05) is 0 Å². The lowest BCUT2D eigenvalue weighted by Crippen LogP contribution is -2.33. The Balaban J connectivity index is 2.24. The molecule has 0 fully saturated rings. The Labute approximate surface area is 158 Å². The molecule has 0 unspecified atom stereocenters. The average Bonchev–Trinajstić information content (AvgIpc) is 2.72. The molecule has 0 spiro atoms. The summed E-state index contributed by atoms with van der Waals surface area (Å²) in [4.78, 5) is 0. The van der Waals surface area contributed by atoms with Crippen LogP contribution in [0.3, 0.4) is 0 Å². The van der Waals surface area contributed by atoms with Crippen LogP contribution in [0.5, 0.6) is 0 Å². The van der Waals surface area contributed by atoms with Gasteiger partial charge in [-0.2, -0.15) is 0 Å². The molecule has 132 valence electrons. The van der Waals surface area contributed by atoms with Crippen LogP contribution in [-0.4, -0.2) is 6.16 Å². The van der Waals surface area contributed by atoms with Crippen LogP contribution in [0.2, 0.25) is 0 Å². The van der Waals surface area contributed by atoms with Crippen molar-refractivity contribution in [3.63, 3.8) is 0 Å². The summed E-state index contributed by atoms with van der Waals surface area (Å²) in [6.07, 6.45) is 5.89. The largest absolute Gasteiger partial charge is 0.116 e. The molecule has 0 N–H and O–H groups in total. The maximum atomic E-state index is 2.43. The number of rotatable bonds is 7. The minimum absolute atomic E-state index is 1.10. The van der Waals surface area contributed by atoms with Crippen LogP contribution in [0.1, 0.15) is 26.7 Å². The van der Waals surface area contributed by atoms with E-state index in [0.717, 1.165) is 12.6 Å². The summed E-state index contributed by atoms with van der Waals surface area (Å²) in [5.41, 5.74) is 1.50. The highest BCUT2D eigenvalue weighted by Gasteiger charge is 2.45. The number of unbranched alkanes of at least 4 members (excludes halogenated alkanes) is 1. The monoisotopic (exact) mass is 359 g/mol. The Hall–Kier alpha value is -2.17. The molecular weight excluding hydrogens is 331 g/mol. The number of hydrogen-bond acceptors (Lipinski definition) is 0. The highest BCUT2D eigenvalue weighted by atomic mass is 31.2. The van der Waals surface area contributed by atoms with E-state index in [1.165, 1.54) is 27.9 Å². The molecule has 0 bridgehead atoms. The molecule has 0 nitrogen and oxygen atoms in total. The van der Waals surface area contributed by atoms with Gasteiger partial charge in [0.05, 0.1) is 6.16 Å². The predicted molar refractivity (Wildman–Crippen MR) is 119 cm³/mol. The minimum Gasteiger partial charge on any atom is -0.0820 e. The molecule has 3 rings (SSSR count). The zero-order valence-electron chi connectivity index (χ0n) is 15.8. The van der Waals surface area contributed by atoms with Gasteiger partial charge in [-0.15, -0.1) is 0 Å². The Morgan fingerprint density at radius 1 is 0.692 bits per heavy atom. The van der Waals surface area contributed by atoms with Crippen LogP contribution in [-0.2, 0) is 0 Å². The lowest BCUT2D eigenvalue weighted by atomic mass is 10.2. The topological polar surface area (TPSA) is 0 Å². The van der Waals surface area contributed by atoms with Gasteiger partial charge in [-0.3, -0.25) is 0 Å². The summed E-state index contributed by atoms with van der Waals surface area (Å²) in [6.45, 7) is 4.55. The van der Waals surface area contributed by atoms with E-state index in [-0.39, 0.29) is 0 Å². The summed E-state index contributed by atoms with van der Waals surface area (Å²) in [7, 11) is -1.72. The van der Waals surface area contributed by atoms with E-state index in [1.54, 1.807) is 0 Å². The number of allylic oxidation sites excluding steroid dienone is 2. The standard InChI is InChI=1S/C25H28P/c1-3-4-14-22(2)21-26(23-15-8-5-9-16-23,24-17-10-6-11-18-24)25-19-12-7-13-20-25/h5-20H,3-4,21H2,1-2H3/q+1/b22-14+. The molecule has 0 atom stereocenters. The fourth-order valence-electron chi connectivity index (χ4n) is 3.60. The van der Waals surface area contributed by atoms with Crippen LogP contribution >= 0.6 is 7.26 Å². The summed E-state index contributed by atoms with van der Waals surface area (Å²) < 4.78 is 0. The van der Waals surface area contributed by atoms with Crippen molar-refractivity contribution in [2.24, 2.45) is 0 Å². The summed E-state index contributed by atoms with van der Waals surface area (Å²) in [5.74, 6) is 0. The molecule has 3 aromatic carbocycles. The maximum absolute atomic E-state index is 2.43. The van der Waals surface area contributed by atoms with Crippen molar-refractivity contribution < 1.29 is 0 Å². The van der Waals surface area contributed by atoms with E-state index < -0.39 is 7.26 Å². The van der Waals surface area contributed by atoms with Crippen LogP contribution in [0.15, 0.2) is 103 Å². The lowest BCUT2D eigenvalue weighted by Gasteiger charge is -2.28. The smallest absolute Gasteiger partial charge is 0.0820 e. The van der Waals surface area contributed by atoms with Gasteiger partial charge in [-0.1, -0.05) is 74.0 Å². The molecular formula is C25H28P+. The second-order valence-electron chi connectivity index (χ2n) is 6.81. The molecule has 0 aliphatic carbocycles. The van der Waals surface area contributed by atoms with Gasteiger partial charge in [0.15, 0.2) is 0 Å². The first kappa shape index (κ1) is 18.6. The van der Waals surface area contributed by atoms with E-state index in [4.69, 9.17) is 0 Å². The molecule has 0 amide bonds. The Kier molecular flexibility index (Phi) is 6.42. The van der Waals surface area contributed by atoms with Crippen LogP contribution in [0.25, 0.3) is 0 Å².